The molecule has 0 aliphatic heterocycles. The van der Waals surface area contributed by atoms with Gasteiger partial charge in [0.25, 0.3) is 5.69 Å². The first-order valence-electron chi connectivity index (χ1n) is 3.49. The maximum Gasteiger partial charge on any atom is 0.269 e. The van der Waals surface area contributed by atoms with E-state index in [4.69, 9.17) is 0 Å². The number of nitro benzene ring substituents is 1. The summed E-state index contributed by atoms with van der Waals surface area (Å²) in [5, 5.41) is 10.3. The number of benzene rings is 1. The summed E-state index contributed by atoms with van der Waals surface area (Å²) in [6.45, 7) is 1.35. The Morgan fingerprint density at radius 2 is 2.25 bits per heavy atom. The normalized spacial score (nSPS) is 12.5. The highest BCUT2D eigenvalue weighted by Crippen LogP contribution is 2.20. The second-order valence-corrected chi connectivity index (χ2v) is 2.47. The topological polar surface area (TPSA) is 43.1 Å². The molecule has 3 nitrogen and oxygen atoms in total. The van der Waals surface area contributed by atoms with Crippen molar-refractivity contribution in [2.75, 3.05) is 0 Å². The van der Waals surface area contributed by atoms with Crippen molar-refractivity contribution in [3.63, 3.8) is 0 Å². The van der Waals surface area contributed by atoms with E-state index in [1.54, 1.807) is 0 Å². The van der Waals surface area contributed by atoms with Gasteiger partial charge in [0.05, 0.1) is 4.92 Å². The van der Waals surface area contributed by atoms with Crippen LogP contribution >= 0.6 is 0 Å². The summed E-state index contributed by atoms with van der Waals surface area (Å²) in [6, 6.07) is 5.58. The van der Waals surface area contributed by atoms with Gasteiger partial charge in [0.15, 0.2) is 0 Å². The highest BCUT2D eigenvalue weighted by molar-refractivity contribution is 5.34. The number of rotatable bonds is 2. The smallest absolute Gasteiger partial charge is 0.258 e. The van der Waals surface area contributed by atoms with Crippen molar-refractivity contribution >= 4 is 5.69 Å². The second-order valence-electron chi connectivity index (χ2n) is 2.47. The Morgan fingerprint density at radius 1 is 1.58 bits per heavy atom. The van der Waals surface area contributed by atoms with Gasteiger partial charge in [-0.05, 0) is 12.5 Å². The monoisotopic (exact) mass is 169 g/mol. The molecular weight excluding hydrogens is 161 g/mol. The van der Waals surface area contributed by atoms with Crippen molar-refractivity contribution in [3.05, 3.63) is 39.9 Å². The fourth-order valence-electron chi connectivity index (χ4n) is 0.886. The third kappa shape index (κ3) is 1.78. The summed E-state index contributed by atoms with van der Waals surface area (Å²) in [5.74, 6) is 0. The highest BCUT2D eigenvalue weighted by Gasteiger charge is 2.08. The molecule has 0 amide bonds. The van der Waals surface area contributed by atoms with Crippen LogP contribution in [0.15, 0.2) is 24.3 Å². The van der Waals surface area contributed by atoms with Crippen LogP contribution in [-0.2, 0) is 0 Å². The van der Waals surface area contributed by atoms with Gasteiger partial charge in [0.1, 0.15) is 6.17 Å². The Morgan fingerprint density at radius 3 is 2.75 bits per heavy atom. The lowest BCUT2D eigenvalue weighted by molar-refractivity contribution is -0.385. The number of non-ortho nitro benzene ring substituents is 1. The van der Waals surface area contributed by atoms with Gasteiger partial charge >= 0.3 is 0 Å². The van der Waals surface area contributed by atoms with Crippen molar-refractivity contribution in [2.45, 2.75) is 13.1 Å². The summed E-state index contributed by atoms with van der Waals surface area (Å²) < 4.78 is 12.7. The molecule has 1 rings (SSSR count). The molecule has 0 radical (unpaired) electrons. The Bertz CT molecular complexity index is 299. The van der Waals surface area contributed by atoms with Crippen molar-refractivity contribution in [1.82, 2.24) is 0 Å². The van der Waals surface area contributed by atoms with Crippen LogP contribution in [0.1, 0.15) is 18.7 Å². The molecule has 1 aromatic rings. The summed E-state index contributed by atoms with van der Waals surface area (Å²) in [4.78, 5) is 9.72. The van der Waals surface area contributed by atoms with Gasteiger partial charge in [-0.1, -0.05) is 12.1 Å². The average molecular weight is 169 g/mol. The molecule has 0 saturated carbocycles. The van der Waals surface area contributed by atoms with Gasteiger partial charge in [0.2, 0.25) is 0 Å². The highest BCUT2D eigenvalue weighted by atomic mass is 19.1. The molecule has 0 aliphatic rings. The number of nitrogens with zero attached hydrogens (tertiary/aromatic N) is 1. The van der Waals surface area contributed by atoms with Crippen molar-refractivity contribution in [1.29, 1.82) is 0 Å². The summed E-state index contributed by atoms with van der Waals surface area (Å²) in [7, 11) is 0. The summed E-state index contributed by atoms with van der Waals surface area (Å²) in [6.07, 6.45) is -1.16. The molecule has 0 aromatic heterocycles. The standard InChI is InChI=1S/C8H8FNO2/c1-6(9)7-3-2-4-8(5-7)10(11)12/h2-6H,1H3. The van der Waals surface area contributed by atoms with E-state index in [0.717, 1.165) is 0 Å². The van der Waals surface area contributed by atoms with E-state index < -0.39 is 11.1 Å². The second kappa shape index (κ2) is 3.30. The third-order valence-electron chi connectivity index (χ3n) is 1.54. The van der Waals surface area contributed by atoms with Gasteiger partial charge in [-0.15, -0.1) is 0 Å². The third-order valence-corrected chi connectivity index (χ3v) is 1.54. The number of alkyl halides is 1. The van der Waals surface area contributed by atoms with Crippen LogP contribution in [0.4, 0.5) is 10.1 Å². The Hall–Kier alpha value is -1.45. The fourth-order valence-corrected chi connectivity index (χ4v) is 0.886. The zero-order valence-electron chi connectivity index (χ0n) is 6.53. The lowest BCUT2D eigenvalue weighted by atomic mass is 10.1. The van der Waals surface area contributed by atoms with E-state index >= 15 is 0 Å². The molecular formula is C8H8FNO2. The van der Waals surface area contributed by atoms with E-state index in [2.05, 4.69) is 0 Å². The van der Waals surface area contributed by atoms with E-state index in [-0.39, 0.29) is 5.69 Å². The minimum Gasteiger partial charge on any atom is -0.258 e. The van der Waals surface area contributed by atoms with Crippen LogP contribution in [0, 0.1) is 10.1 Å². The van der Waals surface area contributed by atoms with Crippen LogP contribution in [0.2, 0.25) is 0 Å². The van der Waals surface area contributed by atoms with Gasteiger partial charge in [-0.25, -0.2) is 4.39 Å². The van der Waals surface area contributed by atoms with E-state index in [1.165, 1.54) is 31.2 Å². The molecule has 0 spiro atoms. The Kier molecular flexibility index (Phi) is 2.38. The van der Waals surface area contributed by atoms with Crippen LogP contribution in [-0.4, -0.2) is 4.92 Å². The molecule has 12 heavy (non-hydrogen) atoms. The molecule has 4 heteroatoms. The Labute approximate surface area is 69.0 Å². The Balaban J connectivity index is 3.04. The van der Waals surface area contributed by atoms with E-state index in [9.17, 15) is 14.5 Å². The zero-order chi connectivity index (χ0) is 9.14. The van der Waals surface area contributed by atoms with Gasteiger partial charge in [-0.3, -0.25) is 10.1 Å². The van der Waals surface area contributed by atoms with Crippen LogP contribution in [0.5, 0.6) is 0 Å². The molecule has 1 atom stereocenters. The van der Waals surface area contributed by atoms with E-state index in [0.29, 0.717) is 5.56 Å². The summed E-state index contributed by atoms with van der Waals surface area (Å²) in [5.41, 5.74) is 0.265. The molecule has 0 saturated heterocycles. The molecule has 0 N–H and O–H groups in total. The van der Waals surface area contributed by atoms with Gasteiger partial charge < -0.3 is 0 Å². The molecule has 0 bridgehead atoms. The first-order chi connectivity index (χ1) is 5.61. The van der Waals surface area contributed by atoms with E-state index in [1.807, 2.05) is 0 Å². The van der Waals surface area contributed by atoms with Crippen LogP contribution in [0.3, 0.4) is 0 Å². The molecule has 64 valence electrons. The maximum absolute atomic E-state index is 12.7. The van der Waals surface area contributed by atoms with Gasteiger partial charge in [-0.2, -0.15) is 0 Å². The number of nitro groups is 1. The average Bonchev–Trinajstić information content (AvgIpc) is 2.04. The lowest BCUT2D eigenvalue weighted by Gasteiger charge is -1.99. The number of halogens is 1. The van der Waals surface area contributed by atoms with Gasteiger partial charge in [0, 0.05) is 12.1 Å². The SMILES string of the molecule is CC(F)c1cccc([N+](=O)[O-])c1. The zero-order valence-corrected chi connectivity index (χ0v) is 6.53. The largest absolute Gasteiger partial charge is 0.269 e. The predicted octanol–water partition coefficient (Wildman–Crippen LogP) is 2.63. The lowest BCUT2D eigenvalue weighted by Crippen LogP contribution is -1.90. The first-order valence-corrected chi connectivity index (χ1v) is 3.49. The minimum absolute atomic E-state index is 0.0722. The van der Waals surface area contributed by atoms with Crippen molar-refractivity contribution < 1.29 is 9.31 Å². The maximum atomic E-state index is 12.7. The summed E-state index contributed by atoms with van der Waals surface area (Å²) >= 11 is 0. The van der Waals surface area contributed by atoms with Crippen LogP contribution in [0.25, 0.3) is 0 Å². The molecule has 0 aliphatic carbocycles. The first kappa shape index (κ1) is 8.64. The number of hydrogen-bond acceptors (Lipinski definition) is 2. The number of hydrogen-bond donors (Lipinski definition) is 0. The molecule has 0 fully saturated rings. The molecule has 0 heterocycles. The molecule has 1 aromatic carbocycles. The minimum atomic E-state index is -1.16. The predicted molar refractivity (Wildman–Crippen MR) is 42.6 cm³/mol. The quantitative estimate of drug-likeness (QED) is 0.504. The fraction of sp³-hybridized carbons (Fsp3) is 0.250. The van der Waals surface area contributed by atoms with Crippen LogP contribution < -0.4 is 0 Å². The van der Waals surface area contributed by atoms with Crippen molar-refractivity contribution in [3.8, 4) is 0 Å². The van der Waals surface area contributed by atoms with Crippen molar-refractivity contribution in [2.24, 2.45) is 0 Å². The molecule has 1 unspecified atom stereocenters.